The van der Waals surface area contributed by atoms with E-state index in [-0.39, 0.29) is 0 Å². The monoisotopic (exact) mass is 266 g/mol. The SMILES string of the molecule is CCCSCC(Cc1ccc(C(C)C)cc1)NN. The first-order valence-corrected chi connectivity index (χ1v) is 7.95. The van der Waals surface area contributed by atoms with Gasteiger partial charge in [-0.3, -0.25) is 11.3 Å². The molecule has 2 nitrogen and oxygen atoms in total. The maximum absolute atomic E-state index is 5.62. The zero-order valence-corrected chi connectivity index (χ0v) is 12.6. The Morgan fingerprint density at radius 2 is 1.89 bits per heavy atom. The van der Waals surface area contributed by atoms with E-state index in [2.05, 4.69) is 50.5 Å². The van der Waals surface area contributed by atoms with E-state index in [0.29, 0.717) is 12.0 Å². The predicted molar refractivity (Wildman–Crippen MR) is 83.0 cm³/mol. The van der Waals surface area contributed by atoms with Crippen LogP contribution >= 0.6 is 11.8 Å². The van der Waals surface area contributed by atoms with E-state index in [1.54, 1.807) is 0 Å². The molecule has 0 spiro atoms. The maximum atomic E-state index is 5.62. The van der Waals surface area contributed by atoms with Gasteiger partial charge in [-0.2, -0.15) is 11.8 Å². The van der Waals surface area contributed by atoms with Gasteiger partial charge in [-0.1, -0.05) is 45.0 Å². The average molecular weight is 266 g/mol. The quantitative estimate of drug-likeness (QED) is 0.430. The Morgan fingerprint density at radius 3 is 2.39 bits per heavy atom. The van der Waals surface area contributed by atoms with Gasteiger partial charge in [0.25, 0.3) is 0 Å². The van der Waals surface area contributed by atoms with Crippen molar-refractivity contribution in [2.24, 2.45) is 5.84 Å². The molecule has 0 amide bonds. The molecule has 1 aromatic rings. The summed E-state index contributed by atoms with van der Waals surface area (Å²) in [6, 6.07) is 9.28. The van der Waals surface area contributed by atoms with Crippen molar-refractivity contribution in [1.82, 2.24) is 5.43 Å². The van der Waals surface area contributed by atoms with E-state index in [0.717, 1.165) is 12.2 Å². The van der Waals surface area contributed by atoms with Gasteiger partial charge in [-0.05, 0) is 35.6 Å². The first kappa shape index (κ1) is 15.5. The van der Waals surface area contributed by atoms with Gasteiger partial charge in [0, 0.05) is 11.8 Å². The summed E-state index contributed by atoms with van der Waals surface area (Å²) in [5.74, 6) is 8.51. The van der Waals surface area contributed by atoms with Crippen LogP contribution in [0, 0.1) is 0 Å². The molecule has 0 fully saturated rings. The summed E-state index contributed by atoms with van der Waals surface area (Å²) < 4.78 is 0. The number of thioether (sulfide) groups is 1. The Bertz CT molecular complexity index is 322. The molecule has 1 rings (SSSR count). The van der Waals surface area contributed by atoms with Crippen molar-refractivity contribution in [3.63, 3.8) is 0 Å². The molecular formula is C15H26N2S. The van der Waals surface area contributed by atoms with Crippen molar-refractivity contribution < 1.29 is 0 Å². The lowest BCUT2D eigenvalue weighted by Crippen LogP contribution is -2.38. The topological polar surface area (TPSA) is 38.0 Å². The molecule has 0 aliphatic rings. The summed E-state index contributed by atoms with van der Waals surface area (Å²) >= 11 is 1.97. The van der Waals surface area contributed by atoms with E-state index < -0.39 is 0 Å². The number of rotatable bonds is 8. The zero-order valence-electron chi connectivity index (χ0n) is 11.8. The maximum Gasteiger partial charge on any atom is 0.0341 e. The van der Waals surface area contributed by atoms with Crippen molar-refractivity contribution in [3.05, 3.63) is 35.4 Å². The molecule has 0 saturated carbocycles. The zero-order chi connectivity index (χ0) is 13.4. The second-order valence-corrected chi connectivity index (χ2v) is 6.19. The number of nitrogens with one attached hydrogen (secondary N) is 1. The highest BCUT2D eigenvalue weighted by Crippen LogP contribution is 2.16. The number of hydrazine groups is 1. The van der Waals surface area contributed by atoms with Crippen molar-refractivity contribution in [2.45, 2.75) is 45.6 Å². The highest BCUT2D eigenvalue weighted by atomic mass is 32.2. The number of nitrogens with two attached hydrogens (primary N) is 1. The van der Waals surface area contributed by atoms with Crippen LogP contribution in [0.4, 0.5) is 0 Å². The fourth-order valence-electron chi connectivity index (χ4n) is 1.86. The Hall–Kier alpha value is -0.510. The molecule has 1 atom stereocenters. The molecule has 1 aromatic carbocycles. The Balaban J connectivity index is 2.48. The largest absolute Gasteiger partial charge is 0.271 e. The molecular weight excluding hydrogens is 240 g/mol. The Morgan fingerprint density at radius 1 is 1.22 bits per heavy atom. The van der Waals surface area contributed by atoms with E-state index in [9.17, 15) is 0 Å². The third kappa shape index (κ3) is 5.42. The van der Waals surface area contributed by atoms with Crippen LogP contribution in [-0.2, 0) is 6.42 Å². The van der Waals surface area contributed by atoms with Crippen molar-refractivity contribution >= 4 is 11.8 Å². The molecule has 0 heterocycles. The number of hydrogen-bond acceptors (Lipinski definition) is 3. The van der Waals surface area contributed by atoms with Gasteiger partial charge in [0.15, 0.2) is 0 Å². The smallest absolute Gasteiger partial charge is 0.0341 e. The molecule has 102 valence electrons. The normalized spacial score (nSPS) is 12.9. The number of benzene rings is 1. The molecule has 0 bridgehead atoms. The minimum atomic E-state index is 0.367. The van der Waals surface area contributed by atoms with Crippen LogP contribution in [0.5, 0.6) is 0 Å². The second kappa shape index (κ2) is 8.57. The lowest BCUT2D eigenvalue weighted by Gasteiger charge is -2.16. The summed E-state index contributed by atoms with van der Waals surface area (Å²) in [5, 5.41) is 0. The van der Waals surface area contributed by atoms with Gasteiger partial charge in [-0.25, -0.2) is 0 Å². The molecule has 18 heavy (non-hydrogen) atoms. The van der Waals surface area contributed by atoms with Crippen LogP contribution in [0.3, 0.4) is 0 Å². The average Bonchev–Trinajstić information content (AvgIpc) is 2.38. The van der Waals surface area contributed by atoms with E-state index >= 15 is 0 Å². The first-order chi connectivity index (χ1) is 8.67. The second-order valence-electron chi connectivity index (χ2n) is 5.04. The van der Waals surface area contributed by atoms with Gasteiger partial charge < -0.3 is 0 Å². The van der Waals surface area contributed by atoms with Gasteiger partial charge in [0.2, 0.25) is 0 Å². The van der Waals surface area contributed by atoms with Crippen LogP contribution in [0.1, 0.15) is 44.2 Å². The van der Waals surface area contributed by atoms with Gasteiger partial charge in [0.05, 0.1) is 0 Å². The van der Waals surface area contributed by atoms with E-state index in [4.69, 9.17) is 5.84 Å². The van der Waals surface area contributed by atoms with Crippen molar-refractivity contribution in [2.75, 3.05) is 11.5 Å². The van der Waals surface area contributed by atoms with Gasteiger partial charge >= 0.3 is 0 Å². The van der Waals surface area contributed by atoms with Crippen LogP contribution < -0.4 is 11.3 Å². The highest BCUT2D eigenvalue weighted by Gasteiger charge is 2.08. The summed E-state index contributed by atoms with van der Waals surface area (Å²) in [6.45, 7) is 6.66. The summed E-state index contributed by atoms with van der Waals surface area (Å²) in [7, 11) is 0. The lowest BCUT2D eigenvalue weighted by atomic mass is 9.99. The third-order valence-electron chi connectivity index (χ3n) is 3.03. The van der Waals surface area contributed by atoms with Gasteiger partial charge in [0.1, 0.15) is 0 Å². The fourth-order valence-corrected chi connectivity index (χ4v) is 2.81. The van der Waals surface area contributed by atoms with E-state index in [1.807, 2.05) is 11.8 Å². The van der Waals surface area contributed by atoms with Gasteiger partial charge in [-0.15, -0.1) is 0 Å². The molecule has 3 heteroatoms. The van der Waals surface area contributed by atoms with Crippen LogP contribution in [0.2, 0.25) is 0 Å². The molecule has 1 unspecified atom stereocenters. The minimum Gasteiger partial charge on any atom is -0.271 e. The predicted octanol–water partition coefficient (Wildman–Crippen LogP) is 3.33. The number of hydrogen-bond donors (Lipinski definition) is 2. The van der Waals surface area contributed by atoms with Crippen LogP contribution in [0.25, 0.3) is 0 Å². The molecule has 3 N–H and O–H groups in total. The summed E-state index contributed by atoms with van der Waals surface area (Å²) in [5.41, 5.74) is 5.69. The summed E-state index contributed by atoms with van der Waals surface area (Å²) in [4.78, 5) is 0. The van der Waals surface area contributed by atoms with Crippen molar-refractivity contribution in [1.29, 1.82) is 0 Å². The lowest BCUT2D eigenvalue weighted by molar-refractivity contribution is 0.575. The molecule has 0 aliphatic heterocycles. The first-order valence-electron chi connectivity index (χ1n) is 6.80. The molecule has 0 radical (unpaired) electrons. The highest BCUT2D eigenvalue weighted by molar-refractivity contribution is 7.99. The Kier molecular flexibility index (Phi) is 7.40. The molecule has 0 saturated heterocycles. The molecule has 0 aliphatic carbocycles. The Labute approximate surface area is 116 Å². The van der Waals surface area contributed by atoms with Crippen LogP contribution in [-0.4, -0.2) is 17.5 Å². The molecule has 0 aromatic heterocycles. The fraction of sp³-hybridized carbons (Fsp3) is 0.600. The van der Waals surface area contributed by atoms with E-state index in [1.165, 1.54) is 23.3 Å². The third-order valence-corrected chi connectivity index (χ3v) is 4.37. The minimum absolute atomic E-state index is 0.367. The van der Waals surface area contributed by atoms with Crippen molar-refractivity contribution in [3.8, 4) is 0 Å². The standard InChI is InChI=1S/C15H26N2S/c1-4-9-18-11-15(17-16)10-13-5-7-14(8-6-13)12(2)3/h5-8,12,15,17H,4,9-11,16H2,1-3H3. The summed E-state index contributed by atoms with van der Waals surface area (Å²) in [6.07, 6.45) is 2.23. The van der Waals surface area contributed by atoms with Crippen LogP contribution in [0.15, 0.2) is 24.3 Å².